The van der Waals surface area contributed by atoms with E-state index in [2.05, 4.69) is 19.2 Å². The molecule has 0 bridgehead atoms. The van der Waals surface area contributed by atoms with E-state index >= 15 is 0 Å². The van der Waals surface area contributed by atoms with E-state index in [1.807, 2.05) is 0 Å². The molecule has 2 aliphatic rings. The van der Waals surface area contributed by atoms with E-state index in [0.29, 0.717) is 5.54 Å². The Bertz CT molecular complexity index is 216. The van der Waals surface area contributed by atoms with Crippen molar-refractivity contribution in [1.29, 1.82) is 0 Å². The van der Waals surface area contributed by atoms with Gasteiger partial charge in [-0.25, -0.2) is 0 Å². The molecule has 1 nitrogen and oxygen atoms in total. The van der Waals surface area contributed by atoms with Gasteiger partial charge in [0.15, 0.2) is 0 Å². The predicted octanol–water partition coefficient (Wildman–Crippen LogP) is 4.52. The molecule has 0 aromatic rings. The van der Waals surface area contributed by atoms with Gasteiger partial charge < -0.3 is 5.32 Å². The van der Waals surface area contributed by atoms with E-state index in [1.165, 1.54) is 70.8 Å². The van der Waals surface area contributed by atoms with Crippen molar-refractivity contribution in [3.8, 4) is 0 Å². The monoisotopic (exact) mass is 237 g/mol. The third-order valence-corrected chi connectivity index (χ3v) is 5.55. The van der Waals surface area contributed by atoms with Crippen LogP contribution in [0.3, 0.4) is 0 Å². The van der Waals surface area contributed by atoms with Crippen LogP contribution in [0.1, 0.15) is 78.1 Å². The first-order chi connectivity index (χ1) is 8.30. The van der Waals surface area contributed by atoms with Crippen molar-refractivity contribution in [2.75, 3.05) is 6.54 Å². The molecular weight excluding hydrogens is 206 g/mol. The minimum Gasteiger partial charge on any atom is -0.311 e. The zero-order valence-corrected chi connectivity index (χ0v) is 11.9. The van der Waals surface area contributed by atoms with Crippen LogP contribution in [-0.2, 0) is 0 Å². The van der Waals surface area contributed by atoms with E-state index in [9.17, 15) is 0 Å². The van der Waals surface area contributed by atoms with E-state index < -0.39 is 0 Å². The second kappa shape index (κ2) is 6.22. The summed E-state index contributed by atoms with van der Waals surface area (Å²) < 4.78 is 0. The number of rotatable bonds is 3. The molecule has 2 fully saturated rings. The third kappa shape index (κ3) is 3.05. The van der Waals surface area contributed by atoms with Crippen molar-refractivity contribution in [2.45, 2.75) is 83.6 Å². The van der Waals surface area contributed by atoms with Gasteiger partial charge in [-0.1, -0.05) is 46.0 Å². The van der Waals surface area contributed by atoms with Crippen LogP contribution < -0.4 is 5.32 Å². The molecule has 1 N–H and O–H groups in total. The first-order valence-electron chi connectivity index (χ1n) is 8.05. The van der Waals surface area contributed by atoms with Gasteiger partial charge in [0.05, 0.1) is 0 Å². The van der Waals surface area contributed by atoms with Crippen molar-refractivity contribution in [2.24, 2.45) is 11.8 Å². The summed E-state index contributed by atoms with van der Waals surface area (Å²) in [5.74, 6) is 1.98. The van der Waals surface area contributed by atoms with Gasteiger partial charge in [-0.05, 0) is 50.5 Å². The van der Waals surface area contributed by atoms with Gasteiger partial charge in [-0.15, -0.1) is 0 Å². The molecule has 1 saturated carbocycles. The Morgan fingerprint density at radius 3 is 2.71 bits per heavy atom. The number of hydrogen-bond donors (Lipinski definition) is 1. The van der Waals surface area contributed by atoms with Crippen molar-refractivity contribution < 1.29 is 0 Å². The summed E-state index contributed by atoms with van der Waals surface area (Å²) in [6.45, 7) is 6.06. The Kier molecular flexibility index (Phi) is 4.90. The van der Waals surface area contributed by atoms with Crippen LogP contribution in [0, 0.1) is 11.8 Å². The minimum absolute atomic E-state index is 0.504. The summed E-state index contributed by atoms with van der Waals surface area (Å²) in [7, 11) is 0. The SMILES string of the molecule is CCC1CCCC(C2(CC)CCCCCN2)C1. The fraction of sp³-hybridized carbons (Fsp3) is 1.00. The van der Waals surface area contributed by atoms with Gasteiger partial charge in [-0.3, -0.25) is 0 Å². The van der Waals surface area contributed by atoms with Crippen LogP contribution in [0.4, 0.5) is 0 Å². The largest absolute Gasteiger partial charge is 0.311 e. The zero-order valence-electron chi connectivity index (χ0n) is 11.9. The van der Waals surface area contributed by atoms with Gasteiger partial charge in [0.1, 0.15) is 0 Å². The highest BCUT2D eigenvalue weighted by Gasteiger charge is 2.39. The lowest BCUT2D eigenvalue weighted by atomic mass is 9.67. The average molecular weight is 237 g/mol. The topological polar surface area (TPSA) is 12.0 Å². The highest BCUT2D eigenvalue weighted by Crippen LogP contribution is 2.41. The minimum atomic E-state index is 0.504. The molecule has 100 valence electrons. The number of nitrogens with one attached hydrogen (secondary N) is 1. The lowest BCUT2D eigenvalue weighted by molar-refractivity contribution is 0.118. The fourth-order valence-corrected chi connectivity index (χ4v) is 4.27. The molecular formula is C16H31N. The van der Waals surface area contributed by atoms with E-state index in [0.717, 1.165) is 11.8 Å². The molecule has 3 atom stereocenters. The standard InChI is InChI=1S/C16H31N/c1-3-14-9-8-10-15(13-14)16(4-2)11-6-5-7-12-17-16/h14-15,17H,3-13H2,1-2H3. The first-order valence-corrected chi connectivity index (χ1v) is 8.05. The molecule has 1 aliphatic carbocycles. The normalized spacial score (nSPS) is 39.9. The van der Waals surface area contributed by atoms with E-state index in [4.69, 9.17) is 0 Å². The van der Waals surface area contributed by atoms with Crippen LogP contribution in [0.5, 0.6) is 0 Å². The maximum Gasteiger partial charge on any atom is 0.0207 e. The molecule has 0 amide bonds. The van der Waals surface area contributed by atoms with Gasteiger partial charge in [0.25, 0.3) is 0 Å². The average Bonchev–Trinajstić information content (AvgIpc) is 2.65. The summed E-state index contributed by atoms with van der Waals surface area (Å²) in [6.07, 6.45) is 14.4. The molecule has 1 heterocycles. The molecule has 1 heteroatoms. The van der Waals surface area contributed by atoms with Crippen LogP contribution in [0.25, 0.3) is 0 Å². The van der Waals surface area contributed by atoms with Crippen LogP contribution in [0.2, 0.25) is 0 Å². The quantitative estimate of drug-likeness (QED) is 0.761. The Morgan fingerprint density at radius 1 is 1.06 bits per heavy atom. The lowest BCUT2D eigenvalue weighted by Crippen LogP contribution is -2.51. The van der Waals surface area contributed by atoms with Crippen molar-refractivity contribution in [1.82, 2.24) is 5.32 Å². The predicted molar refractivity (Wildman–Crippen MR) is 75.2 cm³/mol. The van der Waals surface area contributed by atoms with Crippen LogP contribution in [0.15, 0.2) is 0 Å². The molecule has 3 unspecified atom stereocenters. The molecule has 1 aliphatic heterocycles. The van der Waals surface area contributed by atoms with E-state index in [1.54, 1.807) is 0 Å². The third-order valence-electron chi connectivity index (χ3n) is 5.55. The fourth-order valence-electron chi connectivity index (χ4n) is 4.27. The molecule has 0 radical (unpaired) electrons. The van der Waals surface area contributed by atoms with Crippen LogP contribution in [-0.4, -0.2) is 12.1 Å². The van der Waals surface area contributed by atoms with Gasteiger partial charge >= 0.3 is 0 Å². The Morgan fingerprint density at radius 2 is 1.94 bits per heavy atom. The summed E-state index contributed by atoms with van der Waals surface area (Å²) in [5, 5.41) is 3.96. The van der Waals surface area contributed by atoms with Crippen molar-refractivity contribution in [3.63, 3.8) is 0 Å². The highest BCUT2D eigenvalue weighted by atomic mass is 15.0. The molecule has 17 heavy (non-hydrogen) atoms. The Hall–Kier alpha value is -0.0400. The molecule has 1 saturated heterocycles. The summed E-state index contributed by atoms with van der Waals surface area (Å²) in [6, 6.07) is 0. The molecule has 0 aromatic heterocycles. The summed E-state index contributed by atoms with van der Waals surface area (Å²) >= 11 is 0. The second-order valence-electron chi connectivity index (χ2n) is 6.38. The Labute approximate surface area is 108 Å². The van der Waals surface area contributed by atoms with E-state index in [-0.39, 0.29) is 0 Å². The molecule has 0 aromatic carbocycles. The van der Waals surface area contributed by atoms with Gasteiger partial charge in [0, 0.05) is 5.54 Å². The highest BCUT2D eigenvalue weighted by molar-refractivity contribution is 4.96. The first kappa shape index (κ1) is 13.4. The van der Waals surface area contributed by atoms with Crippen molar-refractivity contribution in [3.05, 3.63) is 0 Å². The molecule has 2 rings (SSSR count). The summed E-state index contributed by atoms with van der Waals surface area (Å²) in [4.78, 5) is 0. The van der Waals surface area contributed by atoms with Crippen LogP contribution >= 0.6 is 0 Å². The smallest absolute Gasteiger partial charge is 0.0207 e. The second-order valence-corrected chi connectivity index (χ2v) is 6.38. The maximum absolute atomic E-state index is 3.96. The maximum atomic E-state index is 3.96. The number of hydrogen-bond acceptors (Lipinski definition) is 1. The molecule has 0 spiro atoms. The summed E-state index contributed by atoms with van der Waals surface area (Å²) in [5.41, 5.74) is 0.504. The van der Waals surface area contributed by atoms with Crippen molar-refractivity contribution >= 4 is 0 Å². The van der Waals surface area contributed by atoms with Gasteiger partial charge in [0.2, 0.25) is 0 Å². The Balaban J connectivity index is 2.04. The zero-order chi connectivity index (χ0) is 12.1. The lowest BCUT2D eigenvalue weighted by Gasteiger charge is -2.44. The van der Waals surface area contributed by atoms with Gasteiger partial charge in [-0.2, -0.15) is 0 Å².